The Bertz CT molecular complexity index is 558. The first-order valence-corrected chi connectivity index (χ1v) is 5.52. The maximum Gasteiger partial charge on any atom is 0.228 e. The molecule has 4 nitrogen and oxygen atoms in total. The molecular weight excluding hydrogens is 202 g/mol. The summed E-state index contributed by atoms with van der Waals surface area (Å²) in [7, 11) is 0. The van der Waals surface area contributed by atoms with E-state index >= 15 is 0 Å². The predicted octanol–water partition coefficient (Wildman–Crippen LogP) is 1.40. The minimum atomic E-state index is -0.267. The van der Waals surface area contributed by atoms with E-state index in [1.54, 1.807) is 0 Å². The van der Waals surface area contributed by atoms with Crippen LogP contribution >= 0.6 is 0 Å². The van der Waals surface area contributed by atoms with E-state index in [0.717, 1.165) is 36.2 Å². The summed E-state index contributed by atoms with van der Waals surface area (Å²) >= 11 is 0. The number of primary amides is 1. The number of rotatable bonds is 1. The van der Waals surface area contributed by atoms with Gasteiger partial charge in [-0.3, -0.25) is 4.79 Å². The molecule has 2 aromatic rings. The fourth-order valence-electron chi connectivity index (χ4n) is 2.45. The lowest BCUT2D eigenvalue weighted by Gasteiger charge is -2.21. The highest BCUT2D eigenvalue weighted by Gasteiger charge is 2.27. The van der Waals surface area contributed by atoms with Crippen molar-refractivity contribution >= 4 is 16.9 Å². The van der Waals surface area contributed by atoms with Gasteiger partial charge in [-0.2, -0.15) is 0 Å². The second-order valence-corrected chi connectivity index (χ2v) is 4.21. The van der Waals surface area contributed by atoms with E-state index < -0.39 is 0 Å². The zero-order chi connectivity index (χ0) is 11.1. The summed E-state index contributed by atoms with van der Waals surface area (Å²) < 4.78 is 2.12. The number of fused-ring (bicyclic) bond motifs is 3. The zero-order valence-electron chi connectivity index (χ0n) is 8.89. The number of aryl methyl sites for hydroxylation is 1. The van der Waals surface area contributed by atoms with Crippen molar-refractivity contribution in [3.63, 3.8) is 0 Å². The number of imidazole rings is 1. The Balaban J connectivity index is 2.25. The summed E-state index contributed by atoms with van der Waals surface area (Å²) in [6.07, 6.45) is 1.81. The lowest BCUT2D eigenvalue weighted by molar-refractivity contribution is -0.120. The molecule has 1 amide bonds. The predicted molar refractivity (Wildman–Crippen MR) is 60.9 cm³/mol. The van der Waals surface area contributed by atoms with Gasteiger partial charge in [0.05, 0.1) is 17.0 Å². The number of hydrogen-bond donors (Lipinski definition) is 1. The molecular formula is C12H13N3O. The summed E-state index contributed by atoms with van der Waals surface area (Å²) in [4.78, 5) is 15.9. The topological polar surface area (TPSA) is 60.9 Å². The molecule has 1 aromatic carbocycles. The Morgan fingerprint density at radius 3 is 3.06 bits per heavy atom. The van der Waals surface area contributed by atoms with Crippen LogP contribution in [0.15, 0.2) is 24.3 Å². The second kappa shape index (κ2) is 3.33. The molecule has 1 unspecified atom stereocenters. The van der Waals surface area contributed by atoms with Gasteiger partial charge in [-0.05, 0) is 25.0 Å². The number of carbonyl (C=O) groups is 1. The van der Waals surface area contributed by atoms with Gasteiger partial charge in [0.1, 0.15) is 5.82 Å². The quantitative estimate of drug-likeness (QED) is 0.781. The Morgan fingerprint density at radius 1 is 1.44 bits per heavy atom. The summed E-state index contributed by atoms with van der Waals surface area (Å²) in [5, 5.41) is 0. The van der Waals surface area contributed by atoms with Crippen molar-refractivity contribution in [2.45, 2.75) is 25.3 Å². The first-order chi connectivity index (χ1) is 7.77. The number of aromatic nitrogens is 2. The van der Waals surface area contributed by atoms with Crippen LogP contribution in [-0.2, 0) is 11.3 Å². The van der Waals surface area contributed by atoms with Crippen LogP contribution < -0.4 is 5.73 Å². The molecule has 3 rings (SSSR count). The smallest absolute Gasteiger partial charge is 0.228 e. The van der Waals surface area contributed by atoms with E-state index in [0.29, 0.717) is 0 Å². The number of hydrogen-bond acceptors (Lipinski definition) is 2. The minimum absolute atomic E-state index is 0.221. The van der Waals surface area contributed by atoms with Gasteiger partial charge in [0.2, 0.25) is 5.91 Å². The Kier molecular flexibility index (Phi) is 1.96. The van der Waals surface area contributed by atoms with E-state index in [1.165, 1.54) is 0 Å². The number of amides is 1. The molecule has 0 aliphatic carbocycles. The Hall–Kier alpha value is -1.84. The number of nitrogens with two attached hydrogens (primary N) is 1. The molecule has 1 aliphatic rings. The minimum Gasteiger partial charge on any atom is -0.369 e. The highest BCUT2D eigenvalue weighted by atomic mass is 16.1. The van der Waals surface area contributed by atoms with E-state index in [4.69, 9.17) is 5.73 Å². The Labute approximate surface area is 93.1 Å². The van der Waals surface area contributed by atoms with E-state index in [-0.39, 0.29) is 11.8 Å². The van der Waals surface area contributed by atoms with Crippen LogP contribution in [0.5, 0.6) is 0 Å². The van der Waals surface area contributed by atoms with Crippen molar-refractivity contribution in [3.8, 4) is 0 Å². The van der Waals surface area contributed by atoms with Gasteiger partial charge in [-0.15, -0.1) is 0 Å². The van der Waals surface area contributed by atoms with Crippen LogP contribution in [0.4, 0.5) is 0 Å². The molecule has 1 aromatic heterocycles. The molecule has 0 fully saturated rings. The fourth-order valence-corrected chi connectivity index (χ4v) is 2.45. The number of carbonyl (C=O) groups excluding carboxylic acids is 1. The maximum absolute atomic E-state index is 11.4. The summed E-state index contributed by atoms with van der Waals surface area (Å²) in [5.74, 6) is 0.345. The van der Waals surface area contributed by atoms with Crippen LogP contribution in [0.1, 0.15) is 24.6 Å². The van der Waals surface area contributed by atoms with E-state index in [1.807, 2.05) is 24.3 Å². The van der Waals surface area contributed by atoms with Crippen LogP contribution in [0.2, 0.25) is 0 Å². The number of benzene rings is 1. The SMILES string of the molecule is NC(=O)C1CCCn2c1nc1ccccc12. The lowest BCUT2D eigenvalue weighted by Crippen LogP contribution is -2.27. The molecule has 0 radical (unpaired) electrons. The zero-order valence-corrected chi connectivity index (χ0v) is 8.89. The second-order valence-electron chi connectivity index (χ2n) is 4.21. The summed E-state index contributed by atoms with van der Waals surface area (Å²) in [6, 6.07) is 7.96. The van der Waals surface area contributed by atoms with E-state index in [2.05, 4.69) is 9.55 Å². The van der Waals surface area contributed by atoms with Crippen molar-refractivity contribution in [3.05, 3.63) is 30.1 Å². The van der Waals surface area contributed by atoms with Crippen molar-refractivity contribution in [1.29, 1.82) is 0 Å². The molecule has 1 aliphatic heterocycles. The van der Waals surface area contributed by atoms with Crippen LogP contribution in [0, 0.1) is 0 Å². The van der Waals surface area contributed by atoms with Crippen molar-refractivity contribution in [2.75, 3.05) is 0 Å². The highest BCUT2D eigenvalue weighted by molar-refractivity contribution is 5.84. The van der Waals surface area contributed by atoms with Gasteiger partial charge in [0.15, 0.2) is 0 Å². The highest BCUT2D eigenvalue weighted by Crippen LogP contribution is 2.29. The normalized spacial score (nSPS) is 19.6. The van der Waals surface area contributed by atoms with Crippen molar-refractivity contribution in [1.82, 2.24) is 9.55 Å². The van der Waals surface area contributed by atoms with Crippen LogP contribution in [-0.4, -0.2) is 15.5 Å². The summed E-state index contributed by atoms with van der Waals surface area (Å²) in [5.41, 5.74) is 7.46. The standard InChI is InChI=1S/C12H13N3O/c13-11(16)8-4-3-7-15-10-6-2-1-5-9(10)14-12(8)15/h1-2,5-6,8H,3-4,7H2,(H2,13,16). The average Bonchev–Trinajstić information content (AvgIpc) is 2.67. The third-order valence-corrected chi connectivity index (χ3v) is 3.21. The number of para-hydroxylation sites is 2. The fraction of sp³-hybridized carbons (Fsp3) is 0.333. The molecule has 1 atom stereocenters. The van der Waals surface area contributed by atoms with Crippen LogP contribution in [0.3, 0.4) is 0 Å². The van der Waals surface area contributed by atoms with E-state index in [9.17, 15) is 4.79 Å². The molecule has 0 saturated heterocycles. The molecule has 2 N–H and O–H groups in total. The van der Waals surface area contributed by atoms with Gasteiger partial charge < -0.3 is 10.3 Å². The van der Waals surface area contributed by atoms with Gasteiger partial charge >= 0.3 is 0 Å². The van der Waals surface area contributed by atoms with Gasteiger partial charge in [-0.25, -0.2) is 4.98 Å². The van der Waals surface area contributed by atoms with Crippen molar-refractivity contribution in [2.24, 2.45) is 5.73 Å². The third kappa shape index (κ3) is 1.23. The number of nitrogens with zero attached hydrogens (tertiary/aromatic N) is 2. The maximum atomic E-state index is 11.4. The van der Waals surface area contributed by atoms with Gasteiger partial charge in [0.25, 0.3) is 0 Å². The van der Waals surface area contributed by atoms with Gasteiger partial charge in [0, 0.05) is 6.54 Å². The molecule has 0 saturated carbocycles. The lowest BCUT2D eigenvalue weighted by atomic mass is 9.98. The monoisotopic (exact) mass is 215 g/mol. The first-order valence-electron chi connectivity index (χ1n) is 5.52. The third-order valence-electron chi connectivity index (χ3n) is 3.21. The van der Waals surface area contributed by atoms with Crippen molar-refractivity contribution < 1.29 is 4.79 Å². The average molecular weight is 215 g/mol. The molecule has 2 heterocycles. The molecule has 0 spiro atoms. The largest absolute Gasteiger partial charge is 0.369 e. The molecule has 0 bridgehead atoms. The molecule has 16 heavy (non-hydrogen) atoms. The Morgan fingerprint density at radius 2 is 2.25 bits per heavy atom. The molecule has 4 heteroatoms. The molecule has 82 valence electrons. The summed E-state index contributed by atoms with van der Waals surface area (Å²) in [6.45, 7) is 0.930. The van der Waals surface area contributed by atoms with Crippen LogP contribution in [0.25, 0.3) is 11.0 Å². The first kappa shape index (κ1) is 9.39. The van der Waals surface area contributed by atoms with Gasteiger partial charge in [-0.1, -0.05) is 12.1 Å².